The third-order valence-corrected chi connectivity index (χ3v) is 3.94. The van der Waals surface area contributed by atoms with Gasteiger partial charge in [0.2, 0.25) is 0 Å². The zero-order valence-electron chi connectivity index (χ0n) is 12.5. The smallest absolute Gasteiger partial charge is 0.317 e. The number of para-hydroxylation sites is 1. The molecule has 0 aliphatic carbocycles. The first kappa shape index (κ1) is 14.6. The largest absolute Gasteiger partial charge is 0.494 e. The number of methoxy groups -OCH3 is 1. The first-order valence-electron chi connectivity index (χ1n) is 7.30. The topological polar surface area (TPSA) is 65.9 Å². The molecule has 0 spiro atoms. The van der Waals surface area contributed by atoms with E-state index >= 15 is 0 Å². The number of piperazine rings is 1. The molecule has 1 aliphatic rings. The lowest BCUT2D eigenvalue weighted by atomic mass is 10.2. The maximum Gasteiger partial charge on any atom is 0.317 e. The van der Waals surface area contributed by atoms with Crippen LogP contribution in [-0.4, -0.2) is 60.8 Å². The number of fused-ring (bicyclic) bond motifs is 1. The van der Waals surface area contributed by atoms with E-state index in [0.29, 0.717) is 0 Å². The fourth-order valence-electron chi connectivity index (χ4n) is 2.78. The second-order valence-electron chi connectivity index (χ2n) is 5.36. The van der Waals surface area contributed by atoms with Crippen LogP contribution >= 0.6 is 0 Å². The molecule has 22 heavy (non-hydrogen) atoms. The molecule has 6 heteroatoms. The highest BCUT2D eigenvalue weighted by atomic mass is 16.5. The molecule has 2 aromatic rings. The zero-order chi connectivity index (χ0) is 15.5. The number of benzene rings is 1. The molecule has 0 bridgehead atoms. The van der Waals surface area contributed by atoms with E-state index in [1.807, 2.05) is 35.2 Å². The Morgan fingerprint density at radius 2 is 2.00 bits per heavy atom. The summed E-state index contributed by atoms with van der Waals surface area (Å²) in [6, 6.07) is 9.93. The summed E-state index contributed by atoms with van der Waals surface area (Å²) >= 11 is 0. The van der Waals surface area contributed by atoms with Crippen LogP contribution < -0.4 is 9.64 Å². The molecule has 0 atom stereocenters. The molecule has 116 valence electrons. The minimum Gasteiger partial charge on any atom is -0.494 e. The molecular formula is C16H19N3O3. The highest BCUT2D eigenvalue weighted by Crippen LogP contribution is 2.26. The maximum atomic E-state index is 10.8. The van der Waals surface area contributed by atoms with Gasteiger partial charge in [0.25, 0.3) is 0 Å². The maximum absolute atomic E-state index is 10.8. The normalized spacial score (nSPS) is 16.0. The number of carboxylic acid groups (broad SMARTS) is 1. The van der Waals surface area contributed by atoms with Gasteiger partial charge in [0.15, 0.2) is 0 Å². The number of carboxylic acids is 1. The monoisotopic (exact) mass is 301 g/mol. The first-order chi connectivity index (χ1) is 10.7. The summed E-state index contributed by atoms with van der Waals surface area (Å²) < 4.78 is 5.38. The van der Waals surface area contributed by atoms with Gasteiger partial charge in [0.1, 0.15) is 17.1 Å². The van der Waals surface area contributed by atoms with Crippen molar-refractivity contribution in [3.63, 3.8) is 0 Å². The number of aliphatic carboxylic acids is 1. The highest BCUT2D eigenvalue weighted by molar-refractivity contribution is 5.86. The van der Waals surface area contributed by atoms with Gasteiger partial charge in [-0.15, -0.1) is 0 Å². The minimum absolute atomic E-state index is 0.104. The molecule has 0 amide bonds. The molecular weight excluding hydrogens is 282 g/mol. The van der Waals surface area contributed by atoms with Crippen molar-refractivity contribution in [2.75, 3.05) is 44.7 Å². The third-order valence-electron chi connectivity index (χ3n) is 3.94. The fraction of sp³-hybridized carbons (Fsp3) is 0.375. The molecule has 0 unspecified atom stereocenters. The standard InChI is InChI=1S/C16H19N3O3/c1-22-13-4-2-3-12-5-6-14(17-16(12)13)19-9-7-18(8-10-19)11-15(20)21/h2-6H,7-11H2,1H3,(H,20,21). The van der Waals surface area contributed by atoms with Crippen LogP contribution in [0.5, 0.6) is 5.75 Å². The van der Waals surface area contributed by atoms with Crippen LogP contribution in [0.15, 0.2) is 30.3 Å². The predicted octanol–water partition coefficient (Wildman–Crippen LogP) is 1.45. The Kier molecular flexibility index (Phi) is 4.11. The average Bonchev–Trinajstić information content (AvgIpc) is 2.54. The molecule has 1 aliphatic heterocycles. The van der Waals surface area contributed by atoms with Crippen LogP contribution in [0, 0.1) is 0 Å². The Bertz CT molecular complexity index is 681. The van der Waals surface area contributed by atoms with E-state index in [4.69, 9.17) is 14.8 Å². The van der Waals surface area contributed by atoms with E-state index in [0.717, 1.165) is 48.6 Å². The van der Waals surface area contributed by atoms with Crippen LogP contribution in [0.4, 0.5) is 5.82 Å². The Hall–Kier alpha value is -2.34. The van der Waals surface area contributed by atoms with Gasteiger partial charge in [-0.1, -0.05) is 12.1 Å². The summed E-state index contributed by atoms with van der Waals surface area (Å²) in [7, 11) is 1.65. The van der Waals surface area contributed by atoms with Crippen LogP contribution in [-0.2, 0) is 4.79 Å². The quantitative estimate of drug-likeness (QED) is 0.922. The first-order valence-corrected chi connectivity index (χ1v) is 7.30. The summed E-state index contributed by atoms with van der Waals surface area (Å²) in [5.41, 5.74) is 0.857. The molecule has 1 fully saturated rings. The average molecular weight is 301 g/mol. The summed E-state index contributed by atoms with van der Waals surface area (Å²) in [4.78, 5) is 19.6. The number of ether oxygens (including phenoxy) is 1. The van der Waals surface area contributed by atoms with Gasteiger partial charge in [-0.05, 0) is 18.2 Å². The van der Waals surface area contributed by atoms with Crippen LogP contribution in [0.1, 0.15) is 0 Å². The highest BCUT2D eigenvalue weighted by Gasteiger charge is 2.20. The molecule has 3 rings (SSSR count). The second kappa shape index (κ2) is 6.19. The van der Waals surface area contributed by atoms with Gasteiger partial charge in [0, 0.05) is 31.6 Å². The van der Waals surface area contributed by atoms with Crippen LogP contribution in [0.25, 0.3) is 10.9 Å². The Morgan fingerprint density at radius 3 is 2.68 bits per heavy atom. The Labute approximate surface area is 128 Å². The van der Waals surface area contributed by atoms with Gasteiger partial charge in [-0.3, -0.25) is 9.69 Å². The number of aromatic nitrogens is 1. The van der Waals surface area contributed by atoms with Crippen molar-refractivity contribution >= 4 is 22.7 Å². The van der Waals surface area contributed by atoms with Crippen molar-refractivity contribution in [2.45, 2.75) is 0 Å². The van der Waals surface area contributed by atoms with Gasteiger partial charge < -0.3 is 14.7 Å². The predicted molar refractivity (Wildman–Crippen MR) is 84.6 cm³/mol. The van der Waals surface area contributed by atoms with Crippen molar-refractivity contribution in [1.82, 2.24) is 9.88 Å². The number of hydrogen-bond acceptors (Lipinski definition) is 5. The van der Waals surface area contributed by atoms with Crippen molar-refractivity contribution < 1.29 is 14.6 Å². The van der Waals surface area contributed by atoms with Gasteiger partial charge in [-0.25, -0.2) is 4.98 Å². The lowest BCUT2D eigenvalue weighted by molar-refractivity contribution is -0.138. The van der Waals surface area contributed by atoms with E-state index in [-0.39, 0.29) is 6.54 Å². The van der Waals surface area contributed by atoms with Crippen molar-refractivity contribution in [3.8, 4) is 5.75 Å². The molecule has 1 saturated heterocycles. The molecule has 1 aromatic heterocycles. The van der Waals surface area contributed by atoms with Crippen molar-refractivity contribution in [1.29, 1.82) is 0 Å². The number of pyridine rings is 1. The van der Waals surface area contributed by atoms with Crippen molar-refractivity contribution in [2.24, 2.45) is 0 Å². The number of hydrogen-bond donors (Lipinski definition) is 1. The molecule has 6 nitrogen and oxygen atoms in total. The fourth-order valence-corrected chi connectivity index (χ4v) is 2.78. The lowest BCUT2D eigenvalue weighted by Gasteiger charge is -2.34. The Morgan fingerprint density at radius 1 is 1.23 bits per heavy atom. The molecule has 1 aromatic carbocycles. The number of rotatable bonds is 4. The molecule has 0 radical (unpaired) electrons. The number of anilines is 1. The van der Waals surface area contributed by atoms with Crippen LogP contribution in [0.3, 0.4) is 0 Å². The van der Waals surface area contributed by atoms with Gasteiger partial charge >= 0.3 is 5.97 Å². The van der Waals surface area contributed by atoms with Crippen molar-refractivity contribution in [3.05, 3.63) is 30.3 Å². The zero-order valence-corrected chi connectivity index (χ0v) is 12.5. The Balaban J connectivity index is 1.78. The van der Waals surface area contributed by atoms with Crippen LogP contribution in [0.2, 0.25) is 0 Å². The van der Waals surface area contributed by atoms with E-state index in [9.17, 15) is 4.79 Å². The molecule has 2 heterocycles. The number of carbonyl (C=O) groups is 1. The molecule has 1 N–H and O–H groups in total. The van der Waals surface area contributed by atoms with E-state index in [2.05, 4.69) is 4.90 Å². The SMILES string of the molecule is COc1cccc2ccc(N3CCN(CC(=O)O)CC3)nc12. The summed E-state index contributed by atoms with van der Waals surface area (Å²) in [5, 5.41) is 9.89. The third kappa shape index (κ3) is 2.96. The summed E-state index contributed by atoms with van der Waals surface area (Å²) in [6.07, 6.45) is 0. The second-order valence-corrected chi connectivity index (χ2v) is 5.36. The molecule has 0 saturated carbocycles. The van der Waals surface area contributed by atoms with Gasteiger partial charge in [-0.2, -0.15) is 0 Å². The summed E-state index contributed by atoms with van der Waals surface area (Å²) in [6.45, 7) is 3.13. The lowest BCUT2D eigenvalue weighted by Crippen LogP contribution is -2.48. The van der Waals surface area contributed by atoms with E-state index in [1.165, 1.54) is 0 Å². The minimum atomic E-state index is -0.776. The van der Waals surface area contributed by atoms with Gasteiger partial charge in [0.05, 0.1) is 13.7 Å². The summed E-state index contributed by atoms with van der Waals surface area (Å²) in [5.74, 6) is 0.901. The number of nitrogens with zero attached hydrogens (tertiary/aromatic N) is 3. The van der Waals surface area contributed by atoms with E-state index in [1.54, 1.807) is 7.11 Å². The van der Waals surface area contributed by atoms with E-state index < -0.39 is 5.97 Å².